The quantitative estimate of drug-likeness (QED) is 0.427. The Balaban J connectivity index is 3.05. The standard InChI is InChI=1S/C19H34N2O7/c1-22-11-16(25-4)15(24-3)8-13-9-20-10-14(21-13)18(27-6)19(28-7)17(26-5)12-23-2/h9-10,15-19H,8,11-12H2,1-7H3. The summed E-state index contributed by atoms with van der Waals surface area (Å²) in [7, 11) is 11.3. The van der Waals surface area contributed by atoms with Crippen molar-refractivity contribution >= 4 is 0 Å². The normalized spacial score (nSPS) is 17.1. The van der Waals surface area contributed by atoms with Crippen molar-refractivity contribution in [3.63, 3.8) is 0 Å². The van der Waals surface area contributed by atoms with Crippen LogP contribution in [0.1, 0.15) is 17.5 Å². The zero-order chi connectivity index (χ0) is 20.9. The Labute approximate surface area is 167 Å². The largest absolute Gasteiger partial charge is 0.382 e. The van der Waals surface area contributed by atoms with Gasteiger partial charge in [-0.15, -0.1) is 0 Å². The number of ether oxygens (including phenoxy) is 7. The minimum absolute atomic E-state index is 0.218. The summed E-state index contributed by atoms with van der Waals surface area (Å²) < 4.78 is 38.3. The van der Waals surface area contributed by atoms with Gasteiger partial charge in [-0.1, -0.05) is 0 Å². The van der Waals surface area contributed by atoms with Gasteiger partial charge in [-0.2, -0.15) is 0 Å². The summed E-state index contributed by atoms with van der Waals surface area (Å²) in [6.07, 6.45) is 2.21. The molecule has 0 amide bonds. The van der Waals surface area contributed by atoms with Crippen LogP contribution in [-0.2, 0) is 39.6 Å². The summed E-state index contributed by atoms with van der Waals surface area (Å²) in [6, 6.07) is 0. The molecule has 0 aromatic carbocycles. The fraction of sp³-hybridized carbons (Fsp3) is 0.789. The van der Waals surface area contributed by atoms with Gasteiger partial charge in [-0.05, 0) is 0 Å². The first-order valence-electron chi connectivity index (χ1n) is 9.02. The predicted octanol–water partition coefficient (Wildman–Crippen LogP) is 1.06. The molecule has 0 saturated carbocycles. The van der Waals surface area contributed by atoms with Crippen molar-refractivity contribution in [1.29, 1.82) is 0 Å². The lowest BCUT2D eigenvalue weighted by Crippen LogP contribution is -2.40. The minimum atomic E-state index is -0.476. The summed E-state index contributed by atoms with van der Waals surface area (Å²) in [4.78, 5) is 9.04. The van der Waals surface area contributed by atoms with E-state index in [9.17, 15) is 0 Å². The molecule has 1 rings (SSSR count). The van der Waals surface area contributed by atoms with Gasteiger partial charge in [0, 0.05) is 62.4 Å². The molecule has 0 spiro atoms. The summed E-state index contributed by atoms with van der Waals surface area (Å²) in [5.74, 6) is 0. The maximum Gasteiger partial charge on any atom is 0.129 e. The Kier molecular flexibility index (Phi) is 12.3. The molecule has 1 heterocycles. The van der Waals surface area contributed by atoms with Crippen LogP contribution in [0.4, 0.5) is 0 Å². The van der Waals surface area contributed by atoms with Crippen LogP contribution in [0.5, 0.6) is 0 Å². The van der Waals surface area contributed by atoms with Gasteiger partial charge >= 0.3 is 0 Å². The van der Waals surface area contributed by atoms with Crippen LogP contribution in [0, 0.1) is 0 Å². The molecule has 5 atom stereocenters. The molecule has 0 N–H and O–H groups in total. The van der Waals surface area contributed by atoms with Crippen LogP contribution >= 0.6 is 0 Å². The zero-order valence-electron chi connectivity index (χ0n) is 17.9. The molecular formula is C19H34N2O7. The Hall–Kier alpha value is -1.20. The second-order valence-electron chi connectivity index (χ2n) is 6.23. The monoisotopic (exact) mass is 402 g/mol. The Morgan fingerprint density at radius 2 is 1.32 bits per heavy atom. The van der Waals surface area contributed by atoms with E-state index in [1.807, 2.05) is 0 Å². The van der Waals surface area contributed by atoms with Crippen molar-refractivity contribution in [1.82, 2.24) is 9.97 Å². The first-order valence-corrected chi connectivity index (χ1v) is 9.02. The van der Waals surface area contributed by atoms with E-state index >= 15 is 0 Å². The molecule has 9 nitrogen and oxygen atoms in total. The first-order chi connectivity index (χ1) is 13.6. The minimum Gasteiger partial charge on any atom is -0.382 e. The van der Waals surface area contributed by atoms with Crippen LogP contribution in [0.25, 0.3) is 0 Å². The summed E-state index contributed by atoms with van der Waals surface area (Å²) in [5.41, 5.74) is 1.39. The SMILES string of the molecule is COCC(OC)C(Cc1cncc(C(OC)C(OC)C(COC)OC)n1)OC. The maximum atomic E-state index is 5.67. The Morgan fingerprint density at radius 1 is 0.714 bits per heavy atom. The van der Waals surface area contributed by atoms with E-state index in [0.717, 1.165) is 5.69 Å². The predicted molar refractivity (Wildman–Crippen MR) is 102 cm³/mol. The highest BCUT2D eigenvalue weighted by molar-refractivity contribution is 5.10. The van der Waals surface area contributed by atoms with E-state index < -0.39 is 12.2 Å². The Morgan fingerprint density at radius 3 is 1.82 bits per heavy atom. The summed E-state index contributed by atoms with van der Waals surface area (Å²) in [6.45, 7) is 0.779. The zero-order valence-corrected chi connectivity index (χ0v) is 17.9. The molecular weight excluding hydrogens is 368 g/mol. The number of aromatic nitrogens is 2. The molecule has 0 aliphatic carbocycles. The van der Waals surface area contributed by atoms with Gasteiger partial charge in [-0.25, -0.2) is 0 Å². The second kappa shape index (κ2) is 13.9. The fourth-order valence-electron chi connectivity index (χ4n) is 3.08. The lowest BCUT2D eigenvalue weighted by molar-refractivity contribution is -0.126. The van der Waals surface area contributed by atoms with Gasteiger partial charge in [0.2, 0.25) is 0 Å². The molecule has 1 aromatic heterocycles. The van der Waals surface area contributed by atoms with E-state index in [2.05, 4.69) is 4.98 Å². The van der Waals surface area contributed by atoms with Crippen LogP contribution in [0.2, 0.25) is 0 Å². The van der Waals surface area contributed by atoms with Gasteiger partial charge in [-0.3, -0.25) is 9.97 Å². The lowest BCUT2D eigenvalue weighted by Gasteiger charge is -2.30. The number of nitrogens with zero attached hydrogens (tertiary/aromatic N) is 2. The molecule has 28 heavy (non-hydrogen) atoms. The van der Waals surface area contributed by atoms with Gasteiger partial charge in [0.15, 0.2) is 0 Å². The maximum absolute atomic E-state index is 5.67. The van der Waals surface area contributed by atoms with E-state index in [0.29, 0.717) is 25.3 Å². The molecule has 162 valence electrons. The third kappa shape index (κ3) is 7.00. The third-order valence-electron chi connectivity index (χ3n) is 4.58. The van der Waals surface area contributed by atoms with Crippen molar-refractivity contribution in [2.75, 3.05) is 63.0 Å². The van der Waals surface area contributed by atoms with Crippen LogP contribution in [0.15, 0.2) is 12.4 Å². The van der Waals surface area contributed by atoms with Crippen LogP contribution in [0.3, 0.4) is 0 Å². The number of hydrogen-bond acceptors (Lipinski definition) is 9. The molecule has 5 unspecified atom stereocenters. The molecule has 0 fully saturated rings. The van der Waals surface area contributed by atoms with Gasteiger partial charge < -0.3 is 33.2 Å². The Bertz CT molecular complexity index is 535. The molecule has 0 aliphatic heterocycles. The third-order valence-corrected chi connectivity index (χ3v) is 4.58. The van der Waals surface area contributed by atoms with Crippen molar-refractivity contribution in [2.24, 2.45) is 0 Å². The van der Waals surface area contributed by atoms with E-state index in [1.165, 1.54) is 0 Å². The average molecular weight is 402 g/mol. The average Bonchev–Trinajstić information content (AvgIpc) is 2.73. The van der Waals surface area contributed by atoms with Crippen molar-refractivity contribution in [3.8, 4) is 0 Å². The lowest BCUT2D eigenvalue weighted by atomic mass is 10.0. The van der Waals surface area contributed by atoms with E-state index in [1.54, 1.807) is 62.2 Å². The highest BCUT2D eigenvalue weighted by Crippen LogP contribution is 2.25. The van der Waals surface area contributed by atoms with Crippen LogP contribution in [-0.4, -0.2) is 97.4 Å². The van der Waals surface area contributed by atoms with Gasteiger partial charge in [0.25, 0.3) is 0 Å². The van der Waals surface area contributed by atoms with Crippen molar-refractivity contribution < 1.29 is 33.2 Å². The highest BCUT2D eigenvalue weighted by Gasteiger charge is 2.33. The highest BCUT2D eigenvalue weighted by atomic mass is 16.6. The molecule has 0 radical (unpaired) electrons. The summed E-state index contributed by atoms with van der Waals surface area (Å²) in [5, 5.41) is 0. The second-order valence-corrected chi connectivity index (χ2v) is 6.23. The molecule has 1 aromatic rings. The van der Waals surface area contributed by atoms with Crippen molar-refractivity contribution in [2.45, 2.75) is 36.9 Å². The van der Waals surface area contributed by atoms with Gasteiger partial charge in [0.1, 0.15) is 24.4 Å². The topological polar surface area (TPSA) is 90.4 Å². The van der Waals surface area contributed by atoms with Gasteiger partial charge in [0.05, 0.1) is 36.9 Å². The number of hydrogen-bond donors (Lipinski definition) is 0. The first kappa shape index (κ1) is 24.8. The fourth-order valence-corrected chi connectivity index (χ4v) is 3.08. The molecule has 9 heteroatoms. The number of rotatable bonds is 15. The van der Waals surface area contributed by atoms with Crippen LogP contribution < -0.4 is 0 Å². The summed E-state index contributed by atoms with van der Waals surface area (Å²) >= 11 is 0. The van der Waals surface area contributed by atoms with E-state index in [4.69, 9.17) is 38.1 Å². The van der Waals surface area contributed by atoms with Crippen molar-refractivity contribution in [3.05, 3.63) is 23.8 Å². The number of methoxy groups -OCH3 is 7. The molecule has 0 saturated heterocycles. The molecule has 0 bridgehead atoms. The smallest absolute Gasteiger partial charge is 0.129 e. The van der Waals surface area contributed by atoms with E-state index in [-0.39, 0.29) is 18.3 Å². The molecule has 0 aliphatic rings.